The van der Waals surface area contributed by atoms with Gasteiger partial charge in [-0.1, -0.05) is 24.3 Å². The number of rotatable bonds is 5. The number of nitrogens with zero attached hydrogens (tertiary/aromatic N) is 1. The molecule has 4 nitrogen and oxygen atoms in total. The lowest BCUT2D eigenvalue weighted by molar-refractivity contribution is 0.0698. The van der Waals surface area contributed by atoms with Gasteiger partial charge in [0.05, 0.1) is 11.3 Å². The summed E-state index contributed by atoms with van der Waals surface area (Å²) < 4.78 is 0. The van der Waals surface area contributed by atoms with E-state index < -0.39 is 5.97 Å². The fraction of sp³-hybridized carbons (Fsp3) is 0.188. The Kier molecular flexibility index (Phi) is 4.38. The van der Waals surface area contributed by atoms with Gasteiger partial charge in [0.25, 0.3) is 0 Å². The van der Waals surface area contributed by atoms with E-state index >= 15 is 0 Å². The number of carboxylic acid groups (broad SMARTS) is 1. The third-order valence-electron chi connectivity index (χ3n) is 2.89. The van der Waals surface area contributed by atoms with Gasteiger partial charge < -0.3 is 15.3 Å². The third kappa shape index (κ3) is 3.59. The SMILES string of the molecule is CN(C)Cc1ccc(Nc2ccccc2C(=O)O)cc1. The van der Waals surface area contributed by atoms with Crippen LogP contribution in [0, 0.1) is 0 Å². The zero-order chi connectivity index (χ0) is 14.5. The zero-order valence-corrected chi connectivity index (χ0v) is 11.6. The molecule has 2 aromatic rings. The van der Waals surface area contributed by atoms with Crippen molar-refractivity contribution in [1.29, 1.82) is 0 Å². The first-order valence-electron chi connectivity index (χ1n) is 6.39. The van der Waals surface area contributed by atoms with Gasteiger partial charge in [-0.25, -0.2) is 4.79 Å². The van der Waals surface area contributed by atoms with E-state index in [0.717, 1.165) is 12.2 Å². The molecular formula is C16H18N2O2. The maximum Gasteiger partial charge on any atom is 0.337 e. The first kappa shape index (κ1) is 14.1. The molecule has 0 bridgehead atoms. The summed E-state index contributed by atoms with van der Waals surface area (Å²) >= 11 is 0. The average molecular weight is 270 g/mol. The van der Waals surface area contributed by atoms with E-state index in [9.17, 15) is 4.79 Å². The molecule has 0 fully saturated rings. The smallest absolute Gasteiger partial charge is 0.337 e. The van der Waals surface area contributed by atoms with Crippen molar-refractivity contribution in [2.45, 2.75) is 6.54 Å². The molecule has 2 rings (SSSR count). The van der Waals surface area contributed by atoms with Crippen LogP contribution in [0.15, 0.2) is 48.5 Å². The van der Waals surface area contributed by atoms with Gasteiger partial charge in [-0.05, 0) is 43.9 Å². The lowest BCUT2D eigenvalue weighted by Gasteiger charge is -2.12. The molecule has 2 N–H and O–H groups in total. The molecule has 0 saturated carbocycles. The summed E-state index contributed by atoms with van der Waals surface area (Å²) in [5.74, 6) is -0.933. The standard InChI is InChI=1S/C16H18N2O2/c1-18(2)11-12-7-9-13(10-8-12)17-15-6-4-3-5-14(15)16(19)20/h3-10,17H,11H2,1-2H3,(H,19,20). The van der Waals surface area contributed by atoms with Crippen LogP contribution in [0.4, 0.5) is 11.4 Å². The number of nitrogens with one attached hydrogen (secondary N) is 1. The van der Waals surface area contributed by atoms with Crippen molar-refractivity contribution < 1.29 is 9.90 Å². The van der Waals surface area contributed by atoms with Gasteiger partial charge in [0, 0.05) is 12.2 Å². The van der Waals surface area contributed by atoms with Crippen LogP contribution in [0.1, 0.15) is 15.9 Å². The molecule has 0 amide bonds. The topological polar surface area (TPSA) is 52.6 Å². The van der Waals surface area contributed by atoms with Crippen molar-refractivity contribution in [3.05, 3.63) is 59.7 Å². The van der Waals surface area contributed by atoms with Gasteiger partial charge in [-0.15, -0.1) is 0 Å². The van der Waals surface area contributed by atoms with Gasteiger partial charge in [0.2, 0.25) is 0 Å². The molecule has 4 heteroatoms. The highest BCUT2D eigenvalue weighted by atomic mass is 16.4. The van der Waals surface area contributed by atoms with Crippen molar-refractivity contribution in [3.63, 3.8) is 0 Å². The number of carbonyl (C=O) groups is 1. The Morgan fingerprint density at radius 3 is 2.35 bits per heavy atom. The van der Waals surface area contributed by atoms with Gasteiger partial charge in [0.1, 0.15) is 0 Å². The van der Waals surface area contributed by atoms with Crippen LogP contribution >= 0.6 is 0 Å². The van der Waals surface area contributed by atoms with Crippen molar-refractivity contribution in [2.75, 3.05) is 19.4 Å². The van der Waals surface area contributed by atoms with Gasteiger partial charge in [-0.2, -0.15) is 0 Å². The largest absolute Gasteiger partial charge is 0.478 e. The second-order valence-corrected chi connectivity index (χ2v) is 4.91. The number of hydrogen-bond acceptors (Lipinski definition) is 3. The lowest BCUT2D eigenvalue weighted by Crippen LogP contribution is -2.10. The van der Waals surface area contributed by atoms with Gasteiger partial charge in [0.15, 0.2) is 0 Å². The molecule has 0 heterocycles. The maximum absolute atomic E-state index is 11.1. The van der Waals surface area contributed by atoms with Crippen LogP contribution in [0.5, 0.6) is 0 Å². The van der Waals surface area contributed by atoms with Crippen molar-refractivity contribution >= 4 is 17.3 Å². The Balaban J connectivity index is 2.16. The molecule has 0 spiro atoms. The maximum atomic E-state index is 11.1. The van der Waals surface area contributed by atoms with E-state index in [1.807, 2.05) is 44.4 Å². The van der Waals surface area contributed by atoms with E-state index in [1.165, 1.54) is 5.56 Å². The molecule has 0 saturated heterocycles. The number of hydrogen-bond donors (Lipinski definition) is 2. The Hall–Kier alpha value is -2.33. The molecule has 2 aromatic carbocycles. The lowest BCUT2D eigenvalue weighted by atomic mass is 10.1. The molecule has 0 aliphatic carbocycles. The molecular weight excluding hydrogens is 252 g/mol. The van der Waals surface area contributed by atoms with Crippen molar-refractivity contribution in [1.82, 2.24) is 4.90 Å². The minimum atomic E-state index is -0.933. The molecule has 20 heavy (non-hydrogen) atoms. The molecule has 0 aliphatic rings. The first-order chi connectivity index (χ1) is 9.56. The molecule has 0 aliphatic heterocycles. The van der Waals surface area contributed by atoms with Gasteiger partial charge >= 0.3 is 5.97 Å². The monoisotopic (exact) mass is 270 g/mol. The summed E-state index contributed by atoms with van der Waals surface area (Å²) in [4.78, 5) is 13.2. The fourth-order valence-corrected chi connectivity index (χ4v) is 1.99. The summed E-state index contributed by atoms with van der Waals surface area (Å²) in [5.41, 5.74) is 2.96. The summed E-state index contributed by atoms with van der Waals surface area (Å²) in [5, 5.41) is 12.3. The van der Waals surface area contributed by atoms with E-state index in [0.29, 0.717) is 5.69 Å². The van der Waals surface area contributed by atoms with Crippen LogP contribution in [-0.2, 0) is 6.54 Å². The van der Waals surface area contributed by atoms with Crippen LogP contribution in [-0.4, -0.2) is 30.1 Å². The van der Waals surface area contributed by atoms with E-state index in [1.54, 1.807) is 18.2 Å². The van der Waals surface area contributed by atoms with E-state index in [2.05, 4.69) is 10.2 Å². The number of carboxylic acids is 1. The molecule has 104 valence electrons. The van der Waals surface area contributed by atoms with Crippen LogP contribution in [0.3, 0.4) is 0 Å². The van der Waals surface area contributed by atoms with Crippen LogP contribution < -0.4 is 5.32 Å². The van der Waals surface area contributed by atoms with E-state index in [4.69, 9.17) is 5.11 Å². The number of para-hydroxylation sites is 1. The normalized spacial score (nSPS) is 10.6. The zero-order valence-electron chi connectivity index (χ0n) is 11.6. The highest BCUT2D eigenvalue weighted by Gasteiger charge is 2.08. The Labute approximate surface area is 118 Å². The molecule has 0 aromatic heterocycles. The summed E-state index contributed by atoms with van der Waals surface area (Å²) in [7, 11) is 4.05. The Morgan fingerprint density at radius 2 is 1.75 bits per heavy atom. The Bertz CT molecular complexity index is 592. The molecule has 0 atom stereocenters. The number of anilines is 2. The quantitative estimate of drug-likeness (QED) is 0.876. The predicted octanol–water partition coefficient (Wildman–Crippen LogP) is 3.19. The molecule has 0 unspecified atom stereocenters. The fourth-order valence-electron chi connectivity index (χ4n) is 1.99. The summed E-state index contributed by atoms with van der Waals surface area (Å²) in [6, 6.07) is 14.9. The summed E-state index contributed by atoms with van der Waals surface area (Å²) in [6.45, 7) is 0.881. The van der Waals surface area contributed by atoms with Crippen LogP contribution in [0.25, 0.3) is 0 Å². The summed E-state index contributed by atoms with van der Waals surface area (Å²) in [6.07, 6.45) is 0. The minimum absolute atomic E-state index is 0.268. The van der Waals surface area contributed by atoms with E-state index in [-0.39, 0.29) is 5.56 Å². The highest BCUT2D eigenvalue weighted by Crippen LogP contribution is 2.21. The number of aromatic carboxylic acids is 1. The van der Waals surface area contributed by atoms with Gasteiger partial charge in [-0.3, -0.25) is 0 Å². The second kappa shape index (κ2) is 6.21. The average Bonchev–Trinajstić information content (AvgIpc) is 2.41. The Morgan fingerprint density at radius 1 is 1.10 bits per heavy atom. The second-order valence-electron chi connectivity index (χ2n) is 4.91. The predicted molar refractivity (Wildman–Crippen MR) is 80.5 cm³/mol. The first-order valence-corrected chi connectivity index (χ1v) is 6.39. The van der Waals surface area contributed by atoms with Crippen molar-refractivity contribution in [3.8, 4) is 0 Å². The third-order valence-corrected chi connectivity index (χ3v) is 2.89. The number of benzene rings is 2. The molecule has 0 radical (unpaired) electrons. The highest BCUT2D eigenvalue weighted by molar-refractivity contribution is 5.95. The van der Waals surface area contributed by atoms with Crippen molar-refractivity contribution in [2.24, 2.45) is 0 Å². The van der Waals surface area contributed by atoms with Crippen LogP contribution in [0.2, 0.25) is 0 Å². The minimum Gasteiger partial charge on any atom is -0.478 e.